The van der Waals surface area contributed by atoms with E-state index >= 15 is 0 Å². The Kier molecular flexibility index (Phi) is 4.37. The lowest BCUT2D eigenvalue weighted by atomic mass is 10.3. The molecule has 0 fully saturated rings. The second kappa shape index (κ2) is 6.07. The Morgan fingerprint density at radius 2 is 1.95 bits per heavy atom. The van der Waals surface area contributed by atoms with Crippen molar-refractivity contribution in [2.24, 2.45) is 7.05 Å². The summed E-state index contributed by atoms with van der Waals surface area (Å²) in [7, 11) is -2.20. The smallest absolute Gasteiger partial charge is 0.263 e. The van der Waals surface area contributed by atoms with Crippen LogP contribution in [0.2, 0.25) is 0 Å². The standard InChI is InChI=1S/C14H16N4O3S/c1-10(2)21-12-4-6-13(7-5-12)22(19,20)17-14-11(8-15)9-18(3)16-14/h4-7,9-10H,1-3H3,(H,16,17). The second-order valence-electron chi connectivity index (χ2n) is 4.92. The Balaban J connectivity index is 2.25. The summed E-state index contributed by atoms with van der Waals surface area (Å²) in [5.74, 6) is 0.594. The van der Waals surface area contributed by atoms with Gasteiger partial charge in [-0.3, -0.25) is 9.40 Å². The van der Waals surface area contributed by atoms with Crippen LogP contribution in [-0.4, -0.2) is 24.3 Å². The highest BCUT2D eigenvalue weighted by Crippen LogP contribution is 2.20. The van der Waals surface area contributed by atoms with E-state index in [1.54, 1.807) is 19.2 Å². The summed E-state index contributed by atoms with van der Waals surface area (Å²) in [5.41, 5.74) is 0.158. The lowest BCUT2D eigenvalue weighted by molar-refractivity contribution is 0.242. The Morgan fingerprint density at radius 1 is 1.32 bits per heavy atom. The first-order valence-electron chi connectivity index (χ1n) is 6.55. The molecule has 1 N–H and O–H groups in total. The number of nitrogens with zero attached hydrogens (tertiary/aromatic N) is 3. The molecule has 22 heavy (non-hydrogen) atoms. The number of hydrogen-bond donors (Lipinski definition) is 1. The van der Waals surface area contributed by atoms with Gasteiger partial charge in [-0.25, -0.2) is 8.42 Å². The maximum absolute atomic E-state index is 12.3. The number of aromatic nitrogens is 2. The molecule has 8 heteroatoms. The van der Waals surface area contributed by atoms with E-state index in [2.05, 4.69) is 9.82 Å². The molecular formula is C14H16N4O3S. The van der Waals surface area contributed by atoms with Gasteiger partial charge in [0.05, 0.1) is 11.0 Å². The summed E-state index contributed by atoms with van der Waals surface area (Å²) in [4.78, 5) is 0.0677. The molecule has 0 saturated heterocycles. The van der Waals surface area contributed by atoms with Gasteiger partial charge in [0.1, 0.15) is 17.4 Å². The van der Waals surface area contributed by atoms with Gasteiger partial charge in [-0.15, -0.1) is 0 Å². The van der Waals surface area contributed by atoms with E-state index in [0.717, 1.165) is 0 Å². The zero-order chi connectivity index (χ0) is 16.3. The minimum Gasteiger partial charge on any atom is -0.491 e. The molecule has 0 saturated carbocycles. The van der Waals surface area contributed by atoms with E-state index in [0.29, 0.717) is 5.75 Å². The number of rotatable bonds is 5. The van der Waals surface area contributed by atoms with Gasteiger partial charge in [0.15, 0.2) is 5.82 Å². The highest BCUT2D eigenvalue weighted by atomic mass is 32.2. The first-order valence-corrected chi connectivity index (χ1v) is 8.03. The molecule has 0 unspecified atom stereocenters. The van der Waals surface area contributed by atoms with Crippen molar-refractivity contribution in [3.05, 3.63) is 36.0 Å². The van der Waals surface area contributed by atoms with E-state index in [9.17, 15) is 8.42 Å². The lowest BCUT2D eigenvalue weighted by Gasteiger charge is -2.10. The molecule has 0 radical (unpaired) electrons. The van der Waals surface area contributed by atoms with Crippen molar-refractivity contribution in [1.82, 2.24) is 9.78 Å². The lowest BCUT2D eigenvalue weighted by Crippen LogP contribution is -2.14. The Bertz CT molecular complexity index is 802. The predicted octanol–water partition coefficient (Wildman–Crippen LogP) is 1.88. The topological polar surface area (TPSA) is 97.0 Å². The average Bonchev–Trinajstić information content (AvgIpc) is 2.78. The van der Waals surface area contributed by atoms with Crippen LogP contribution in [-0.2, 0) is 17.1 Å². The number of nitrogens with one attached hydrogen (secondary N) is 1. The summed E-state index contributed by atoms with van der Waals surface area (Å²) in [6.45, 7) is 3.77. The molecule has 1 aromatic carbocycles. The molecule has 0 spiro atoms. The third-order valence-electron chi connectivity index (χ3n) is 2.69. The number of benzene rings is 1. The Hall–Kier alpha value is -2.53. The average molecular weight is 320 g/mol. The van der Waals surface area contributed by atoms with Crippen LogP contribution < -0.4 is 9.46 Å². The van der Waals surface area contributed by atoms with Crippen LogP contribution in [0.1, 0.15) is 19.4 Å². The summed E-state index contributed by atoms with van der Waals surface area (Å²) < 4.78 is 33.8. The van der Waals surface area contributed by atoms with E-state index in [-0.39, 0.29) is 22.4 Å². The number of anilines is 1. The maximum atomic E-state index is 12.3. The molecule has 116 valence electrons. The van der Waals surface area contributed by atoms with Crippen molar-refractivity contribution in [3.63, 3.8) is 0 Å². The Labute approximate surface area is 129 Å². The highest BCUT2D eigenvalue weighted by molar-refractivity contribution is 7.92. The van der Waals surface area contributed by atoms with Crippen LogP contribution in [0.3, 0.4) is 0 Å². The van der Waals surface area contributed by atoms with Crippen LogP contribution in [0.5, 0.6) is 5.75 Å². The third-order valence-corrected chi connectivity index (χ3v) is 4.04. The SMILES string of the molecule is CC(C)Oc1ccc(S(=O)(=O)Nc2nn(C)cc2C#N)cc1. The molecule has 0 aliphatic heterocycles. The normalized spacial score (nSPS) is 11.2. The fourth-order valence-corrected chi connectivity index (χ4v) is 2.82. The number of nitriles is 1. The highest BCUT2D eigenvalue weighted by Gasteiger charge is 2.18. The summed E-state index contributed by atoms with van der Waals surface area (Å²) >= 11 is 0. The molecule has 2 aromatic rings. The molecule has 1 heterocycles. The van der Waals surface area contributed by atoms with Crippen LogP contribution in [0.4, 0.5) is 5.82 Å². The fourth-order valence-electron chi connectivity index (χ4n) is 1.80. The van der Waals surface area contributed by atoms with Crippen LogP contribution in [0.25, 0.3) is 0 Å². The minimum absolute atomic E-state index is 0.00675. The zero-order valence-electron chi connectivity index (χ0n) is 12.4. The van der Waals surface area contributed by atoms with Crippen molar-refractivity contribution in [2.75, 3.05) is 4.72 Å². The minimum atomic E-state index is -3.81. The van der Waals surface area contributed by atoms with E-state index in [1.165, 1.54) is 23.0 Å². The zero-order valence-corrected chi connectivity index (χ0v) is 13.3. The summed E-state index contributed by atoms with van der Waals surface area (Å²) in [6.07, 6.45) is 1.45. The quantitative estimate of drug-likeness (QED) is 0.907. The molecule has 0 amide bonds. The molecule has 0 bridgehead atoms. The van der Waals surface area contributed by atoms with Crippen LogP contribution in [0.15, 0.2) is 35.4 Å². The largest absolute Gasteiger partial charge is 0.491 e. The van der Waals surface area contributed by atoms with Crippen molar-refractivity contribution in [1.29, 1.82) is 5.26 Å². The number of aryl methyl sites for hydroxylation is 1. The molecule has 0 atom stereocenters. The van der Waals surface area contributed by atoms with Crippen LogP contribution >= 0.6 is 0 Å². The van der Waals surface area contributed by atoms with Gasteiger partial charge >= 0.3 is 0 Å². The van der Waals surface area contributed by atoms with E-state index in [4.69, 9.17) is 10.00 Å². The maximum Gasteiger partial charge on any atom is 0.263 e. The first kappa shape index (κ1) is 15.9. The van der Waals surface area contributed by atoms with Gasteiger partial charge < -0.3 is 4.74 Å². The van der Waals surface area contributed by atoms with Crippen molar-refractivity contribution >= 4 is 15.8 Å². The number of sulfonamides is 1. The van der Waals surface area contributed by atoms with Crippen LogP contribution in [0, 0.1) is 11.3 Å². The van der Waals surface area contributed by atoms with Gasteiger partial charge in [0, 0.05) is 13.2 Å². The number of hydrogen-bond acceptors (Lipinski definition) is 5. The van der Waals surface area contributed by atoms with Gasteiger partial charge in [0.2, 0.25) is 0 Å². The van der Waals surface area contributed by atoms with Crippen molar-refractivity contribution < 1.29 is 13.2 Å². The van der Waals surface area contributed by atoms with Gasteiger partial charge in [-0.2, -0.15) is 10.4 Å². The second-order valence-corrected chi connectivity index (χ2v) is 6.60. The number of ether oxygens (including phenoxy) is 1. The first-order chi connectivity index (χ1) is 10.3. The van der Waals surface area contributed by atoms with Gasteiger partial charge in [-0.05, 0) is 38.1 Å². The van der Waals surface area contributed by atoms with Crippen molar-refractivity contribution in [2.45, 2.75) is 24.8 Å². The molecule has 2 rings (SSSR count). The third kappa shape index (κ3) is 3.56. The summed E-state index contributed by atoms with van der Waals surface area (Å²) in [6, 6.07) is 7.93. The molecule has 1 aromatic heterocycles. The van der Waals surface area contributed by atoms with Gasteiger partial charge in [-0.1, -0.05) is 0 Å². The molecule has 7 nitrogen and oxygen atoms in total. The van der Waals surface area contributed by atoms with E-state index < -0.39 is 10.0 Å². The molecule has 0 aliphatic carbocycles. The molecule has 0 aliphatic rings. The van der Waals surface area contributed by atoms with Crippen molar-refractivity contribution in [3.8, 4) is 11.8 Å². The predicted molar refractivity (Wildman–Crippen MR) is 80.9 cm³/mol. The monoisotopic (exact) mass is 320 g/mol. The van der Waals surface area contributed by atoms with E-state index in [1.807, 2.05) is 19.9 Å². The Morgan fingerprint density at radius 3 is 2.50 bits per heavy atom. The molecular weight excluding hydrogens is 304 g/mol. The summed E-state index contributed by atoms with van der Waals surface area (Å²) in [5, 5.41) is 12.9. The fraction of sp³-hybridized carbons (Fsp3) is 0.286. The van der Waals surface area contributed by atoms with Gasteiger partial charge in [0.25, 0.3) is 10.0 Å².